The Balaban J connectivity index is 1.73. The molecule has 1 aromatic carbocycles. The van der Waals surface area contributed by atoms with Crippen molar-refractivity contribution in [3.05, 3.63) is 35.4 Å². The predicted octanol–water partition coefficient (Wildman–Crippen LogP) is 3.13. The zero-order valence-corrected chi connectivity index (χ0v) is 11.4. The number of hydrogen-bond donors (Lipinski definition) is 1. The fourth-order valence-corrected chi connectivity index (χ4v) is 2.43. The summed E-state index contributed by atoms with van der Waals surface area (Å²) in [4.78, 5) is 0. The summed E-state index contributed by atoms with van der Waals surface area (Å²) in [5, 5.41) is 8.66. The second-order valence-electron chi connectivity index (χ2n) is 5.14. The van der Waals surface area contributed by atoms with Crippen LogP contribution < -0.4 is 0 Å². The summed E-state index contributed by atoms with van der Waals surface area (Å²) >= 11 is 0. The molecule has 0 bridgehead atoms. The van der Waals surface area contributed by atoms with Gasteiger partial charge >= 0.3 is 0 Å². The van der Waals surface area contributed by atoms with Crippen LogP contribution in [0.4, 0.5) is 0 Å². The molecule has 2 nitrogen and oxygen atoms in total. The molecule has 0 heterocycles. The standard InChI is InChI=1S/C17H22O2/c18-12-4-3-5-15-8-10-17(11-9-15)14-19-13-16-6-1-2-7-16/h8-11,16,18H,1-2,4,6-7,12-14H2. The van der Waals surface area contributed by atoms with E-state index < -0.39 is 0 Å². The molecular formula is C17H22O2. The molecule has 0 spiro atoms. The molecule has 2 rings (SSSR count). The molecule has 1 aliphatic carbocycles. The zero-order valence-electron chi connectivity index (χ0n) is 11.4. The summed E-state index contributed by atoms with van der Waals surface area (Å²) in [5.41, 5.74) is 2.19. The van der Waals surface area contributed by atoms with E-state index in [-0.39, 0.29) is 6.61 Å². The minimum atomic E-state index is 0.125. The maximum Gasteiger partial charge on any atom is 0.0717 e. The number of ether oxygens (including phenoxy) is 1. The van der Waals surface area contributed by atoms with Crippen LogP contribution in [0.5, 0.6) is 0 Å². The van der Waals surface area contributed by atoms with Gasteiger partial charge in [-0.05, 0) is 36.5 Å². The van der Waals surface area contributed by atoms with Gasteiger partial charge in [-0.3, -0.25) is 0 Å². The van der Waals surface area contributed by atoms with Crippen molar-refractivity contribution in [2.24, 2.45) is 5.92 Å². The molecule has 1 fully saturated rings. The van der Waals surface area contributed by atoms with Crippen molar-refractivity contribution in [2.45, 2.75) is 38.7 Å². The van der Waals surface area contributed by atoms with Crippen LogP contribution in [0, 0.1) is 17.8 Å². The maximum atomic E-state index is 8.66. The highest BCUT2D eigenvalue weighted by molar-refractivity contribution is 5.35. The Morgan fingerprint density at radius 2 is 1.89 bits per heavy atom. The molecule has 0 radical (unpaired) electrons. The van der Waals surface area contributed by atoms with Crippen molar-refractivity contribution in [2.75, 3.05) is 13.2 Å². The summed E-state index contributed by atoms with van der Waals surface area (Å²) in [5.74, 6) is 6.72. The first kappa shape index (κ1) is 14.1. The maximum absolute atomic E-state index is 8.66. The third kappa shape index (κ3) is 5.06. The first-order chi connectivity index (χ1) is 9.38. The Labute approximate surface area is 115 Å². The highest BCUT2D eigenvalue weighted by Crippen LogP contribution is 2.24. The lowest BCUT2D eigenvalue weighted by atomic mass is 10.1. The van der Waals surface area contributed by atoms with Gasteiger partial charge in [-0.2, -0.15) is 0 Å². The van der Waals surface area contributed by atoms with E-state index in [0.717, 1.165) is 18.1 Å². The summed E-state index contributed by atoms with van der Waals surface area (Å²) in [6.07, 6.45) is 5.94. The predicted molar refractivity (Wildman–Crippen MR) is 76.6 cm³/mol. The smallest absolute Gasteiger partial charge is 0.0717 e. The molecule has 1 aliphatic rings. The molecule has 2 heteroatoms. The zero-order chi connectivity index (χ0) is 13.3. The molecule has 0 aromatic heterocycles. The molecule has 0 aliphatic heterocycles. The molecule has 0 unspecified atom stereocenters. The van der Waals surface area contributed by atoms with Crippen molar-refractivity contribution in [3.63, 3.8) is 0 Å². The van der Waals surface area contributed by atoms with Crippen molar-refractivity contribution in [1.29, 1.82) is 0 Å². The van der Waals surface area contributed by atoms with Crippen molar-refractivity contribution < 1.29 is 9.84 Å². The van der Waals surface area contributed by atoms with E-state index in [1.54, 1.807) is 0 Å². The summed E-state index contributed by atoms with van der Waals surface area (Å²) < 4.78 is 5.77. The largest absolute Gasteiger partial charge is 0.395 e. The minimum Gasteiger partial charge on any atom is -0.395 e. The van der Waals surface area contributed by atoms with Gasteiger partial charge < -0.3 is 9.84 Å². The fourth-order valence-electron chi connectivity index (χ4n) is 2.43. The minimum absolute atomic E-state index is 0.125. The van der Waals surface area contributed by atoms with Gasteiger partial charge in [-0.1, -0.05) is 36.8 Å². The first-order valence-corrected chi connectivity index (χ1v) is 7.15. The van der Waals surface area contributed by atoms with Gasteiger partial charge in [-0.15, -0.1) is 0 Å². The summed E-state index contributed by atoms with van der Waals surface area (Å²) in [6.45, 7) is 1.72. The number of aliphatic hydroxyl groups is 1. The lowest BCUT2D eigenvalue weighted by Crippen LogP contribution is -2.05. The average molecular weight is 258 g/mol. The first-order valence-electron chi connectivity index (χ1n) is 7.15. The van der Waals surface area contributed by atoms with E-state index >= 15 is 0 Å². The van der Waals surface area contributed by atoms with Crippen LogP contribution in [-0.4, -0.2) is 18.3 Å². The summed E-state index contributed by atoms with van der Waals surface area (Å²) in [7, 11) is 0. The summed E-state index contributed by atoms with van der Waals surface area (Å²) in [6, 6.07) is 8.16. The van der Waals surface area contributed by atoms with Gasteiger partial charge in [0.1, 0.15) is 0 Å². The normalized spacial score (nSPS) is 15.2. The molecule has 0 saturated heterocycles. The Morgan fingerprint density at radius 1 is 1.16 bits per heavy atom. The van der Waals surface area contributed by atoms with Gasteiger partial charge in [0, 0.05) is 18.6 Å². The van der Waals surface area contributed by atoms with E-state index in [9.17, 15) is 0 Å². The number of rotatable bonds is 5. The SMILES string of the molecule is OCCC#Cc1ccc(COCC2CCCC2)cc1. The van der Waals surface area contributed by atoms with Crippen LogP contribution in [0.2, 0.25) is 0 Å². The van der Waals surface area contributed by atoms with E-state index in [1.165, 1.54) is 31.2 Å². The Morgan fingerprint density at radius 3 is 2.58 bits per heavy atom. The topological polar surface area (TPSA) is 29.5 Å². The highest BCUT2D eigenvalue weighted by Gasteiger charge is 2.14. The van der Waals surface area contributed by atoms with E-state index in [2.05, 4.69) is 24.0 Å². The van der Waals surface area contributed by atoms with Gasteiger partial charge in [0.05, 0.1) is 13.2 Å². The van der Waals surface area contributed by atoms with E-state index in [4.69, 9.17) is 9.84 Å². The second kappa shape index (κ2) is 7.99. The van der Waals surface area contributed by atoms with E-state index in [1.807, 2.05) is 12.1 Å². The molecule has 102 valence electrons. The van der Waals surface area contributed by atoms with Crippen LogP contribution in [0.25, 0.3) is 0 Å². The quantitative estimate of drug-likeness (QED) is 0.822. The van der Waals surface area contributed by atoms with Crippen LogP contribution in [0.1, 0.15) is 43.2 Å². The van der Waals surface area contributed by atoms with Crippen LogP contribution >= 0.6 is 0 Å². The number of aliphatic hydroxyl groups excluding tert-OH is 1. The van der Waals surface area contributed by atoms with Gasteiger partial charge in [0.2, 0.25) is 0 Å². The molecule has 1 saturated carbocycles. The number of benzene rings is 1. The molecular weight excluding hydrogens is 236 g/mol. The molecule has 1 N–H and O–H groups in total. The Hall–Kier alpha value is -1.30. The van der Waals surface area contributed by atoms with Crippen LogP contribution in [0.15, 0.2) is 24.3 Å². The molecule has 0 amide bonds. The van der Waals surface area contributed by atoms with Gasteiger partial charge in [0.15, 0.2) is 0 Å². The fraction of sp³-hybridized carbons (Fsp3) is 0.529. The third-order valence-corrected chi connectivity index (χ3v) is 3.52. The molecule has 1 aromatic rings. The Bertz CT molecular complexity index is 419. The Kier molecular flexibility index (Phi) is 5.94. The van der Waals surface area contributed by atoms with Crippen molar-refractivity contribution in [3.8, 4) is 11.8 Å². The lowest BCUT2D eigenvalue weighted by Gasteiger charge is -2.09. The van der Waals surface area contributed by atoms with E-state index in [0.29, 0.717) is 13.0 Å². The molecule has 0 atom stereocenters. The highest BCUT2D eigenvalue weighted by atomic mass is 16.5. The lowest BCUT2D eigenvalue weighted by molar-refractivity contribution is 0.0889. The van der Waals surface area contributed by atoms with Gasteiger partial charge in [0.25, 0.3) is 0 Å². The monoisotopic (exact) mass is 258 g/mol. The second-order valence-corrected chi connectivity index (χ2v) is 5.14. The van der Waals surface area contributed by atoms with Gasteiger partial charge in [-0.25, -0.2) is 0 Å². The van der Waals surface area contributed by atoms with Crippen molar-refractivity contribution >= 4 is 0 Å². The number of hydrogen-bond acceptors (Lipinski definition) is 2. The molecule has 19 heavy (non-hydrogen) atoms. The average Bonchev–Trinajstić information content (AvgIpc) is 2.94. The third-order valence-electron chi connectivity index (χ3n) is 3.52. The van der Waals surface area contributed by atoms with Crippen LogP contribution in [-0.2, 0) is 11.3 Å². The van der Waals surface area contributed by atoms with Crippen LogP contribution in [0.3, 0.4) is 0 Å². The van der Waals surface area contributed by atoms with Crippen molar-refractivity contribution in [1.82, 2.24) is 0 Å².